The number of nitrogens with two attached hydrogens (primary N) is 1. The molecular formula is C25H28F2N4O4S. The van der Waals surface area contributed by atoms with Gasteiger partial charge in [0.05, 0.1) is 6.54 Å². The summed E-state index contributed by atoms with van der Waals surface area (Å²) in [4.78, 5) is 41.9. The lowest BCUT2D eigenvalue weighted by molar-refractivity contribution is -0.0835. The van der Waals surface area contributed by atoms with E-state index in [-0.39, 0.29) is 35.9 Å². The molecule has 8 nitrogen and oxygen atoms in total. The van der Waals surface area contributed by atoms with Gasteiger partial charge in [-0.1, -0.05) is 6.07 Å². The van der Waals surface area contributed by atoms with Gasteiger partial charge in [-0.15, -0.1) is 0 Å². The second-order valence-corrected chi connectivity index (χ2v) is 11.0. The van der Waals surface area contributed by atoms with Gasteiger partial charge in [0, 0.05) is 30.4 Å². The van der Waals surface area contributed by atoms with Crippen LogP contribution in [0.5, 0.6) is 5.75 Å². The summed E-state index contributed by atoms with van der Waals surface area (Å²) in [6, 6.07) is 3.37. The zero-order chi connectivity index (χ0) is 25.7. The highest BCUT2D eigenvalue weighted by atomic mass is 32.2. The van der Waals surface area contributed by atoms with E-state index in [4.69, 9.17) is 5.73 Å². The summed E-state index contributed by atoms with van der Waals surface area (Å²) in [5.74, 6) is -1.56. The van der Waals surface area contributed by atoms with Gasteiger partial charge < -0.3 is 20.3 Å². The Morgan fingerprint density at radius 2 is 1.94 bits per heavy atom. The molecule has 0 bridgehead atoms. The summed E-state index contributed by atoms with van der Waals surface area (Å²) in [7, 11) is 0. The standard InChI is InChI=1S/C25H28F2N4O4S/c1-13-8-17(9-14-2-3-15(26)10-19(14)27)31(16-4-6-36-7-5-16)20-12-29-11-18(24(28)34)22(32)23(33)21(29)25(35)30(13)20/h2-3,10-11,13,16-17,20,33H,4-9,12H2,1H3,(H2,28,34)/t13-,17?,20+/m0/s1. The van der Waals surface area contributed by atoms with Crippen molar-refractivity contribution in [3.05, 3.63) is 63.1 Å². The number of benzene rings is 1. The molecule has 3 aliphatic heterocycles. The van der Waals surface area contributed by atoms with Crippen LogP contribution in [0.3, 0.4) is 0 Å². The van der Waals surface area contributed by atoms with E-state index >= 15 is 0 Å². The number of nitrogens with zero attached hydrogens (tertiary/aromatic N) is 3. The summed E-state index contributed by atoms with van der Waals surface area (Å²) >= 11 is 1.87. The Kier molecular flexibility index (Phi) is 6.54. The Balaban J connectivity index is 1.58. The maximum Gasteiger partial charge on any atom is 0.276 e. The van der Waals surface area contributed by atoms with Crippen molar-refractivity contribution >= 4 is 23.6 Å². The molecule has 36 heavy (non-hydrogen) atoms. The van der Waals surface area contributed by atoms with E-state index in [0.29, 0.717) is 18.4 Å². The van der Waals surface area contributed by atoms with Crippen LogP contribution in [0.15, 0.2) is 29.2 Å². The first-order valence-corrected chi connectivity index (χ1v) is 13.2. The number of hydrogen-bond acceptors (Lipinski definition) is 6. The largest absolute Gasteiger partial charge is 0.503 e. The van der Waals surface area contributed by atoms with E-state index in [9.17, 15) is 28.3 Å². The molecule has 2 aromatic rings. The maximum atomic E-state index is 14.6. The van der Waals surface area contributed by atoms with Crippen LogP contribution in [0.2, 0.25) is 0 Å². The minimum absolute atomic E-state index is 0.118. The molecule has 2 fully saturated rings. The second kappa shape index (κ2) is 9.51. The molecule has 3 atom stereocenters. The number of primary amides is 1. The number of fused-ring (bicyclic) bond motifs is 2. The van der Waals surface area contributed by atoms with Gasteiger partial charge in [0.25, 0.3) is 11.8 Å². The van der Waals surface area contributed by atoms with E-state index in [0.717, 1.165) is 30.4 Å². The number of halogens is 2. The smallest absolute Gasteiger partial charge is 0.276 e. The third kappa shape index (κ3) is 4.17. The Bertz CT molecular complexity index is 1280. The fourth-order valence-corrected chi connectivity index (χ4v) is 7.06. The van der Waals surface area contributed by atoms with Crippen LogP contribution in [0, 0.1) is 11.6 Å². The number of pyridine rings is 1. The van der Waals surface area contributed by atoms with Gasteiger partial charge >= 0.3 is 0 Å². The number of aromatic nitrogens is 1. The first-order chi connectivity index (χ1) is 17.2. The molecule has 1 aromatic heterocycles. The van der Waals surface area contributed by atoms with Crippen LogP contribution in [0.4, 0.5) is 8.78 Å². The van der Waals surface area contributed by atoms with Crippen molar-refractivity contribution < 1.29 is 23.5 Å². The minimum atomic E-state index is -0.983. The summed E-state index contributed by atoms with van der Waals surface area (Å²) < 4.78 is 29.6. The molecule has 0 saturated carbocycles. The topological polar surface area (TPSA) is 109 Å². The van der Waals surface area contributed by atoms with Crippen molar-refractivity contribution in [2.24, 2.45) is 5.73 Å². The lowest BCUT2D eigenvalue weighted by atomic mass is 9.89. The molecule has 0 radical (unpaired) electrons. The van der Waals surface area contributed by atoms with E-state index in [1.165, 1.54) is 22.9 Å². The van der Waals surface area contributed by atoms with Crippen molar-refractivity contribution in [2.75, 3.05) is 11.5 Å². The fraction of sp³-hybridized carbons (Fsp3) is 0.480. The Hall–Kier alpha value is -2.92. The van der Waals surface area contributed by atoms with Crippen LogP contribution in [-0.4, -0.2) is 67.1 Å². The quantitative estimate of drug-likeness (QED) is 0.643. The number of carbonyl (C=O) groups is 2. The van der Waals surface area contributed by atoms with Gasteiger partial charge in [0.15, 0.2) is 11.4 Å². The average molecular weight is 519 g/mol. The van der Waals surface area contributed by atoms with Crippen molar-refractivity contribution in [1.82, 2.24) is 14.4 Å². The van der Waals surface area contributed by atoms with Gasteiger partial charge in [0.2, 0.25) is 5.43 Å². The lowest BCUT2D eigenvalue weighted by Crippen LogP contribution is -2.69. The summed E-state index contributed by atoms with van der Waals surface area (Å²) in [5.41, 5.74) is 4.26. The zero-order valence-corrected chi connectivity index (χ0v) is 20.6. The Morgan fingerprint density at radius 1 is 1.22 bits per heavy atom. The average Bonchev–Trinajstić information content (AvgIpc) is 2.83. The molecule has 1 unspecified atom stereocenters. The summed E-state index contributed by atoms with van der Waals surface area (Å²) in [6.07, 6.45) is 3.51. The molecule has 3 aliphatic rings. The molecular weight excluding hydrogens is 490 g/mol. The number of thioether (sulfide) groups is 1. The third-order valence-electron chi connectivity index (χ3n) is 7.58. The summed E-state index contributed by atoms with van der Waals surface area (Å²) in [6.45, 7) is 2.11. The van der Waals surface area contributed by atoms with Crippen LogP contribution < -0.4 is 11.2 Å². The highest BCUT2D eigenvalue weighted by molar-refractivity contribution is 7.99. The number of rotatable bonds is 4. The van der Waals surface area contributed by atoms with Gasteiger partial charge in [-0.2, -0.15) is 11.8 Å². The van der Waals surface area contributed by atoms with Gasteiger partial charge in [0.1, 0.15) is 23.4 Å². The number of hydrogen-bond donors (Lipinski definition) is 2. The highest BCUT2D eigenvalue weighted by Gasteiger charge is 2.48. The first kappa shape index (κ1) is 24.8. The molecule has 4 heterocycles. The maximum absolute atomic E-state index is 14.6. The number of aromatic hydroxyl groups is 1. The van der Waals surface area contributed by atoms with Crippen LogP contribution in [0.25, 0.3) is 0 Å². The Labute approximate surface area is 211 Å². The molecule has 11 heteroatoms. The van der Waals surface area contributed by atoms with Gasteiger partial charge in [-0.25, -0.2) is 8.78 Å². The van der Waals surface area contributed by atoms with Crippen molar-refractivity contribution in [1.29, 1.82) is 0 Å². The van der Waals surface area contributed by atoms with Gasteiger partial charge in [-0.05, 0) is 55.7 Å². The van der Waals surface area contributed by atoms with Gasteiger partial charge in [-0.3, -0.25) is 19.3 Å². The molecule has 0 spiro atoms. The van der Waals surface area contributed by atoms with Crippen molar-refractivity contribution in [3.63, 3.8) is 0 Å². The SMILES string of the molecule is C[C@H]1CC(Cc2ccc(F)cc2F)N(C2CCSCC2)[C@@H]2Cn3cc(C(N)=O)c(=O)c(O)c3C(=O)N12. The molecule has 3 N–H and O–H groups in total. The van der Waals surface area contributed by atoms with E-state index in [1.54, 1.807) is 4.90 Å². The first-order valence-electron chi connectivity index (χ1n) is 12.0. The van der Waals surface area contributed by atoms with E-state index < -0.39 is 40.8 Å². The highest BCUT2D eigenvalue weighted by Crippen LogP contribution is 2.38. The second-order valence-electron chi connectivity index (χ2n) is 9.75. The minimum Gasteiger partial charge on any atom is -0.503 e. The molecule has 2 saturated heterocycles. The third-order valence-corrected chi connectivity index (χ3v) is 8.63. The Morgan fingerprint density at radius 3 is 2.61 bits per heavy atom. The van der Waals surface area contributed by atoms with Crippen molar-refractivity contribution in [2.45, 2.75) is 63.4 Å². The zero-order valence-electron chi connectivity index (χ0n) is 19.8. The molecule has 2 amide bonds. The molecule has 5 rings (SSSR count). The van der Waals surface area contributed by atoms with Crippen molar-refractivity contribution in [3.8, 4) is 5.75 Å². The fourth-order valence-electron chi connectivity index (χ4n) is 5.97. The normalized spacial score (nSPS) is 24.9. The molecule has 192 valence electrons. The lowest BCUT2D eigenvalue weighted by Gasteiger charge is -2.56. The number of carbonyl (C=O) groups excluding carboxylic acids is 2. The van der Waals surface area contributed by atoms with Crippen LogP contribution >= 0.6 is 11.8 Å². The van der Waals surface area contributed by atoms with Crippen LogP contribution in [-0.2, 0) is 13.0 Å². The van der Waals surface area contributed by atoms with Crippen LogP contribution in [0.1, 0.15) is 52.6 Å². The molecule has 1 aromatic carbocycles. The predicted molar refractivity (Wildman–Crippen MR) is 131 cm³/mol. The molecule has 0 aliphatic carbocycles. The summed E-state index contributed by atoms with van der Waals surface area (Å²) in [5, 5.41) is 10.6. The monoisotopic (exact) mass is 518 g/mol. The number of amides is 2. The predicted octanol–water partition coefficient (Wildman–Crippen LogP) is 2.31. The van der Waals surface area contributed by atoms with E-state index in [2.05, 4.69) is 4.90 Å². The van der Waals surface area contributed by atoms with E-state index in [1.807, 2.05) is 18.7 Å².